The molecule has 0 aliphatic rings. The summed E-state index contributed by atoms with van der Waals surface area (Å²) in [6, 6.07) is 20.0. The van der Waals surface area contributed by atoms with E-state index in [1.54, 1.807) is 37.3 Å². The fraction of sp³-hybridized carbons (Fsp3) is 0.0500. The van der Waals surface area contributed by atoms with Gasteiger partial charge in [-0.2, -0.15) is 0 Å². The fourth-order valence-electron chi connectivity index (χ4n) is 2.49. The second-order valence-corrected chi connectivity index (χ2v) is 10.00. The molecule has 28 heavy (non-hydrogen) atoms. The van der Waals surface area contributed by atoms with Crippen molar-refractivity contribution in [3.8, 4) is 0 Å². The van der Waals surface area contributed by atoms with Gasteiger partial charge in [0.1, 0.15) is 5.82 Å². The first kappa shape index (κ1) is 19.8. The van der Waals surface area contributed by atoms with Crippen molar-refractivity contribution in [3.63, 3.8) is 0 Å². The van der Waals surface area contributed by atoms with Gasteiger partial charge in [-0.05, 0) is 43.3 Å². The van der Waals surface area contributed by atoms with Crippen molar-refractivity contribution in [2.45, 2.75) is 16.7 Å². The molecule has 0 aliphatic carbocycles. The summed E-state index contributed by atoms with van der Waals surface area (Å²) in [5.74, 6) is 0.337. The monoisotopic (exact) mass is 414 g/mol. The van der Waals surface area contributed by atoms with E-state index in [0.717, 1.165) is 6.20 Å². The van der Waals surface area contributed by atoms with Gasteiger partial charge in [0.05, 0.1) is 9.79 Å². The van der Waals surface area contributed by atoms with Crippen molar-refractivity contribution < 1.29 is 16.8 Å². The van der Waals surface area contributed by atoms with Crippen LogP contribution in [0, 0.1) is 6.92 Å². The number of nitrogens with one attached hydrogen (secondary N) is 1. The third kappa shape index (κ3) is 4.13. The molecular weight excluding hydrogens is 396 g/mol. The molecule has 0 radical (unpaired) electrons. The van der Waals surface area contributed by atoms with Crippen molar-refractivity contribution in [1.29, 1.82) is 0 Å². The number of anilines is 1. The Labute approximate surface area is 164 Å². The first-order valence-electron chi connectivity index (χ1n) is 8.32. The molecule has 0 bridgehead atoms. The zero-order chi connectivity index (χ0) is 20.2. The molecule has 144 valence electrons. The number of sulfone groups is 2. The summed E-state index contributed by atoms with van der Waals surface area (Å²) in [4.78, 5) is 3.99. The number of aryl methyl sites for hydroxylation is 1. The molecule has 0 spiro atoms. The summed E-state index contributed by atoms with van der Waals surface area (Å²) in [5, 5.41) is 2.71. The lowest BCUT2D eigenvalue weighted by molar-refractivity contribution is 0.595. The number of hydrogen-bond donors (Lipinski definition) is 1. The molecular formula is C20H18N2O4S2. The van der Waals surface area contributed by atoms with Gasteiger partial charge in [0.2, 0.25) is 19.7 Å². The Balaban J connectivity index is 2.16. The highest BCUT2D eigenvalue weighted by Gasteiger charge is 2.33. The first-order valence-corrected chi connectivity index (χ1v) is 11.3. The van der Waals surface area contributed by atoms with Gasteiger partial charge in [0.25, 0.3) is 0 Å². The molecule has 3 aromatic rings. The summed E-state index contributed by atoms with van der Waals surface area (Å²) in [6.45, 7) is 1.78. The van der Waals surface area contributed by atoms with Crippen molar-refractivity contribution in [1.82, 2.24) is 4.98 Å². The Morgan fingerprint density at radius 3 is 1.71 bits per heavy atom. The van der Waals surface area contributed by atoms with Crippen LogP contribution < -0.4 is 5.32 Å². The average molecular weight is 415 g/mol. The van der Waals surface area contributed by atoms with Crippen molar-refractivity contribution in [2.24, 2.45) is 0 Å². The van der Waals surface area contributed by atoms with Gasteiger partial charge in [0, 0.05) is 11.9 Å². The third-order valence-electron chi connectivity index (χ3n) is 3.86. The molecule has 0 amide bonds. The van der Waals surface area contributed by atoms with E-state index in [1.807, 2.05) is 0 Å². The van der Waals surface area contributed by atoms with Crippen LogP contribution in [0.3, 0.4) is 0 Å². The van der Waals surface area contributed by atoms with E-state index in [-0.39, 0.29) is 9.79 Å². The van der Waals surface area contributed by atoms with E-state index >= 15 is 0 Å². The normalized spacial score (nSPS) is 11.6. The van der Waals surface area contributed by atoms with E-state index in [0.29, 0.717) is 11.5 Å². The summed E-state index contributed by atoms with van der Waals surface area (Å²) in [5.41, 5.74) is 0.705. The van der Waals surface area contributed by atoms with E-state index in [4.69, 9.17) is 0 Å². The zero-order valence-electron chi connectivity index (χ0n) is 15.0. The van der Waals surface area contributed by atoms with Crippen LogP contribution in [0.2, 0.25) is 0 Å². The SMILES string of the molecule is Cc1cccc(NC=C(S(=O)(=O)c2ccccc2)S(=O)(=O)c2ccccc2)n1. The number of benzene rings is 2. The summed E-state index contributed by atoms with van der Waals surface area (Å²) in [6.07, 6.45) is 0.979. The molecule has 0 atom stereocenters. The molecule has 1 aromatic heterocycles. The second-order valence-electron chi connectivity index (χ2n) is 5.90. The van der Waals surface area contributed by atoms with Gasteiger partial charge in [-0.1, -0.05) is 42.5 Å². The second kappa shape index (κ2) is 7.95. The Bertz CT molecular complexity index is 1130. The smallest absolute Gasteiger partial charge is 0.219 e. The van der Waals surface area contributed by atoms with Crippen LogP contribution in [0.25, 0.3) is 0 Å². The summed E-state index contributed by atoms with van der Waals surface area (Å²) in [7, 11) is -8.61. The number of rotatable bonds is 6. The maximum Gasteiger partial charge on any atom is 0.219 e. The fourth-order valence-corrected chi connectivity index (χ4v) is 6.14. The van der Waals surface area contributed by atoms with Crippen LogP contribution in [0.1, 0.15) is 5.69 Å². The predicted molar refractivity (Wildman–Crippen MR) is 108 cm³/mol. The Morgan fingerprint density at radius 1 is 0.750 bits per heavy atom. The highest BCUT2D eigenvalue weighted by molar-refractivity contribution is 8.14. The number of hydrogen-bond acceptors (Lipinski definition) is 6. The summed E-state index contributed by atoms with van der Waals surface area (Å²) >= 11 is 0. The van der Waals surface area contributed by atoms with Crippen LogP contribution in [-0.2, 0) is 19.7 Å². The van der Waals surface area contributed by atoms with E-state index in [9.17, 15) is 16.8 Å². The minimum Gasteiger partial charge on any atom is -0.345 e. The molecule has 8 heteroatoms. The maximum atomic E-state index is 13.1. The lowest BCUT2D eigenvalue weighted by Gasteiger charge is -2.11. The maximum absolute atomic E-state index is 13.1. The van der Waals surface area contributed by atoms with Gasteiger partial charge < -0.3 is 5.32 Å². The largest absolute Gasteiger partial charge is 0.345 e. The van der Waals surface area contributed by atoms with Crippen molar-refractivity contribution in [3.05, 3.63) is 95.0 Å². The van der Waals surface area contributed by atoms with Crippen molar-refractivity contribution >= 4 is 25.5 Å². The van der Waals surface area contributed by atoms with E-state index in [1.165, 1.54) is 48.5 Å². The lowest BCUT2D eigenvalue weighted by atomic mass is 10.4. The minimum atomic E-state index is -4.30. The van der Waals surface area contributed by atoms with Gasteiger partial charge in [-0.25, -0.2) is 21.8 Å². The molecule has 1 N–H and O–H groups in total. The number of nitrogens with zero attached hydrogens (tertiary/aromatic N) is 1. The summed E-state index contributed by atoms with van der Waals surface area (Å²) < 4.78 is 51.8. The van der Waals surface area contributed by atoms with Crippen LogP contribution in [0.4, 0.5) is 5.82 Å². The molecule has 0 aliphatic heterocycles. The quantitative estimate of drug-likeness (QED) is 0.663. The number of pyridine rings is 1. The molecule has 0 unspecified atom stereocenters. The van der Waals surface area contributed by atoms with E-state index < -0.39 is 23.9 Å². The molecule has 1 heterocycles. The molecule has 0 saturated heterocycles. The zero-order valence-corrected chi connectivity index (χ0v) is 16.6. The van der Waals surface area contributed by atoms with Gasteiger partial charge >= 0.3 is 0 Å². The lowest BCUT2D eigenvalue weighted by Crippen LogP contribution is -2.16. The molecule has 2 aromatic carbocycles. The number of aromatic nitrogens is 1. The Kier molecular flexibility index (Phi) is 5.62. The van der Waals surface area contributed by atoms with Crippen LogP contribution >= 0.6 is 0 Å². The molecule has 6 nitrogen and oxygen atoms in total. The van der Waals surface area contributed by atoms with Gasteiger partial charge in [-0.15, -0.1) is 0 Å². The van der Waals surface area contributed by atoms with Crippen LogP contribution in [0.15, 0.2) is 99.1 Å². The third-order valence-corrected chi connectivity index (χ3v) is 8.26. The van der Waals surface area contributed by atoms with Crippen molar-refractivity contribution in [2.75, 3.05) is 5.32 Å². The highest BCUT2D eigenvalue weighted by atomic mass is 32.3. The Morgan fingerprint density at radius 2 is 1.25 bits per heavy atom. The topological polar surface area (TPSA) is 93.2 Å². The van der Waals surface area contributed by atoms with Crippen LogP contribution in [-0.4, -0.2) is 21.8 Å². The Hall–Kier alpha value is -2.97. The molecule has 3 rings (SSSR count). The highest BCUT2D eigenvalue weighted by Crippen LogP contribution is 2.29. The standard InChI is InChI=1S/C20H18N2O4S2/c1-16-9-8-14-19(22-16)21-15-20(27(23,24)17-10-4-2-5-11-17)28(25,26)18-12-6-3-7-13-18/h2-15H,1H3,(H,21,22). The van der Waals surface area contributed by atoms with Gasteiger partial charge in [-0.3, -0.25) is 0 Å². The molecule has 0 saturated carbocycles. The average Bonchev–Trinajstić information content (AvgIpc) is 2.69. The predicted octanol–water partition coefficient (Wildman–Crippen LogP) is 3.55. The minimum absolute atomic E-state index is 0.111. The van der Waals surface area contributed by atoms with Crippen LogP contribution in [0.5, 0.6) is 0 Å². The first-order chi connectivity index (χ1) is 13.3. The molecule has 0 fully saturated rings. The van der Waals surface area contributed by atoms with Gasteiger partial charge in [0.15, 0.2) is 4.24 Å². The van der Waals surface area contributed by atoms with E-state index in [2.05, 4.69) is 10.3 Å².